The number of primary sulfonamides is 1. The zero-order valence-electron chi connectivity index (χ0n) is 15.9. The van der Waals surface area contributed by atoms with Gasteiger partial charge in [-0.15, -0.1) is 0 Å². The zero-order chi connectivity index (χ0) is 22.6. The zero-order valence-corrected chi connectivity index (χ0v) is 17.6. The van der Waals surface area contributed by atoms with Crippen molar-refractivity contribution in [1.82, 2.24) is 5.32 Å². The van der Waals surface area contributed by atoms with E-state index in [4.69, 9.17) is 5.14 Å². The van der Waals surface area contributed by atoms with Gasteiger partial charge >= 0.3 is 0 Å². The minimum Gasteiger partial charge on any atom is -0.348 e. The highest BCUT2D eigenvalue weighted by atomic mass is 32.2. The van der Waals surface area contributed by atoms with Crippen LogP contribution in [0.3, 0.4) is 0 Å². The molecule has 4 N–H and O–H groups in total. The van der Waals surface area contributed by atoms with E-state index in [1.165, 1.54) is 66.7 Å². The van der Waals surface area contributed by atoms with Crippen LogP contribution in [0.1, 0.15) is 15.9 Å². The van der Waals surface area contributed by atoms with Crippen LogP contribution in [0.5, 0.6) is 0 Å². The predicted octanol–water partition coefficient (Wildman–Crippen LogP) is 2.20. The molecule has 0 radical (unpaired) electrons. The lowest BCUT2D eigenvalue weighted by Crippen LogP contribution is -2.23. The summed E-state index contributed by atoms with van der Waals surface area (Å²) < 4.78 is 63.2. The summed E-state index contributed by atoms with van der Waals surface area (Å²) in [6, 6.07) is 16.2. The van der Waals surface area contributed by atoms with E-state index < -0.39 is 31.8 Å². The van der Waals surface area contributed by atoms with Gasteiger partial charge in [0.05, 0.1) is 15.5 Å². The molecule has 11 heteroatoms. The Balaban J connectivity index is 1.65. The molecular weight excluding hydrogens is 445 g/mol. The van der Waals surface area contributed by atoms with E-state index in [9.17, 15) is 26.0 Å². The van der Waals surface area contributed by atoms with Crippen molar-refractivity contribution < 1.29 is 26.0 Å². The maximum absolute atomic E-state index is 13.7. The van der Waals surface area contributed by atoms with Gasteiger partial charge in [0.1, 0.15) is 5.82 Å². The van der Waals surface area contributed by atoms with Gasteiger partial charge in [0.15, 0.2) is 0 Å². The van der Waals surface area contributed by atoms with E-state index in [0.717, 1.165) is 6.07 Å². The number of hydrogen-bond acceptors (Lipinski definition) is 5. The highest BCUT2D eigenvalue weighted by Gasteiger charge is 2.17. The first kappa shape index (κ1) is 22.4. The van der Waals surface area contributed by atoms with Gasteiger partial charge in [0, 0.05) is 12.1 Å². The third-order valence-corrected chi connectivity index (χ3v) is 6.56. The smallest absolute Gasteiger partial charge is 0.261 e. The lowest BCUT2D eigenvalue weighted by atomic mass is 10.2. The average molecular weight is 464 g/mol. The molecule has 0 aliphatic carbocycles. The van der Waals surface area contributed by atoms with Crippen LogP contribution in [0.15, 0.2) is 82.6 Å². The van der Waals surface area contributed by atoms with E-state index in [1.807, 2.05) is 0 Å². The first-order valence-electron chi connectivity index (χ1n) is 8.84. The molecule has 0 saturated heterocycles. The molecule has 0 saturated carbocycles. The highest BCUT2D eigenvalue weighted by molar-refractivity contribution is 7.92. The molecule has 0 aliphatic rings. The topological polar surface area (TPSA) is 135 Å². The Morgan fingerprint density at radius 1 is 0.839 bits per heavy atom. The Morgan fingerprint density at radius 2 is 1.42 bits per heavy atom. The minimum absolute atomic E-state index is 0.0385. The van der Waals surface area contributed by atoms with Crippen LogP contribution in [-0.4, -0.2) is 22.7 Å². The molecule has 0 unspecified atom stereocenters. The van der Waals surface area contributed by atoms with Gasteiger partial charge in [-0.05, 0) is 54.1 Å². The van der Waals surface area contributed by atoms with E-state index in [1.54, 1.807) is 0 Å². The molecule has 8 nitrogen and oxygen atoms in total. The molecule has 1 amide bonds. The SMILES string of the molecule is NS(=O)(=O)c1ccc(CNC(=O)c2ccc(S(=O)(=O)Nc3ccccc3F)cc2)cc1. The summed E-state index contributed by atoms with van der Waals surface area (Å²) in [5, 5.41) is 7.68. The first-order chi connectivity index (χ1) is 14.6. The number of halogens is 1. The molecule has 3 aromatic rings. The number of rotatable bonds is 7. The fourth-order valence-electron chi connectivity index (χ4n) is 2.61. The van der Waals surface area contributed by atoms with Crippen LogP contribution in [0.2, 0.25) is 0 Å². The molecule has 31 heavy (non-hydrogen) atoms. The Kier molecular flexibility index (Phi) is 6.39. The Bertz CT molecular complexity index is 1310. The van der Waals surface area contributed by atoms with Crippen molar-refractivity contribution in [3.05, 3.63) is 89.7 Å². The van der Waals surface area contributed by atoms with Gasteiger partial charge in [-0.2, -0.15) is 0 Å². The van der Waals surface area contributed by atoms with E-state index in [-0.39, 0.29) is 27.6 Å². The molecular formula is C20H18FN3O5S2. The maximum atomic E-state index is 13.7. The predicted molar refractivity (Wildman–Crippen MR) is 113 cm³/mol. The number of sulfonamides is 2. The number of para-hydroxylation sites is 1. The Morgan fingerprint density at radius 3 is 2.00 bits per heavy atom. The molecule has 3 rings (SSSR count). The molecule has 0 spiro atoms. The molecule has 0 bridgehead atoms. The average Bonchev–Trinajstić information content (AvgIpc) is 2.73. The van der Waals surface area contributed by atoms with E-state index in [2.05, 4.69) is 10.0 Å². The number of nitrogens with one attached hydrogen (secondary N) is 2. The van der Waals surface area contributed by atoms with Crippen molar-refractivity contribution in [2.45, 2.75) is 16.3 Å². The van der Waals surface area contributed by atoms with E-state index >= 15 is 0 Å². The summed E-state index contributed by atoms with van der Waals surface area (Å²) in [5.74, 6) is -1.17. The normalized spacial score (nSPS) is 11.7. The first-order valence-corrected chi connectivity index (χ1v) is 11.9. The molecule has 0 atom stereocenters. The second-order valence-corrected chi connectivity index (χ2v) is 9.73. The molecule has 0 aliphatic heterocycles. The minimum atomic E-state index is -4.03. The summed E-state index contributed by atoms with van der Waals surface area (Å²) in [4.78, 5) is 12.1. The Hall–Kier alpha value is -3.28. The number of amides is 1. The summed E-state index contributed by atoms with van der Waals surface area (Å²) >= 11 is 0. The lowest BCUT2D eigenvalue weighted by Gasteiger charge is -2.10. The lowest BCUT2D eigenvalue weighted by molar-refractivity contribution is 0.0950. The van der Waals surface area contributed by atoms with E-state index in [0.29, 0.717) is 5.56 Å². The second kappa shape index (κ2) is 8.84. The molecule has 0 fully saturated rings. The fourth-order valence-corrected chi connectivity index (χ4v) is 4.20. The number of benzene rings is 3. The molecule has 0 heterocycles. The van der Waals surface area contributed by atoms with Crippen molar-refractivity contribution in [2.24, 2.45) is 5.14 Å². The van der Waals surface area contributed by atoms with Crippen molar-refractivity contribution in [2.75, 3.05) is 4.72 Å². The molecule has 3 aromatic carbocycles. The fraction of sp³-hybridized carbons (Fsp3) is 0.0500. The standard InChI is InChI=1S/C20H18FN3O5S2/c21-18-3-1-2-4-19(18)24-31(28,29)17-11-7-15(8-12-17)20(25)23-13-14-5-9-16(10-6-14)30(22,26)27/h1-12,24H,13H2,(H,23,25)(H2,22,26,27). The summed E-state index contributed by atoms with van der Waals surface area (Å²) in [7, 11) is -7.83. The highest BCUT2D eigenvalue weighted by Crippen LogP contribution is 2.19. The number of hydrogen-bond donors (Lipinski definition) is 3. The molecule has 0 aromatic heterocycles. The van der Waals surface area contributed by atoms with Gasteiger partial charge in [0.25, 0.3) is 15.9 Å². The largest absolute Gasteiger partial charge is 0.348 e. The third kappa shape index (κ3) is 5.66. The van der Waals surface area contributed by atoms with Gasteiger partial charge < -0.3 is 5.32 Å². The Labute approximate surface area is 179 Å². The summed E-state index contributed by atoms with van der Waals surface area (Å²) in [6.45, 7) is 0.124. The second-order valence-electron chi connectivity index (χ2n) is 6.48. The molecule has 162 valence electrons. The van der Waals surface area contributed by atoms with Crippen LogP contribution >= 0.6 is 0 Å². The monoisotopic (exact) mass is 463 g/mol. The van der Waals surface area contributed by atoms with Crippen LogP contribution in [0, 0.1) is 5.82 Å². The third-order valence-electron chi connectivity index (χ3n) is 4.25. The van der Waals surface area contributed by atoms with Gasteiger partial charge in [-0.25, -0.2) is 26.4 Å². The number of nitrogens with two attached hydrogens (primary N) is 1. The van der Waals surface area contributed by atoms with Gasteiger partial charge in [-0.1, -0.05) is 24.3 Å². The van der Waals surface area contributed by atoms with Crippen molar-refractivity contribution in [3.63, 3.8) is 0 Å². The van der Waals surface area contributed by atoms with Crippen molar-refractivity contribution in [1.29, 1.82) is 0 Å². The van der Waals surface area contributed by atoms with Crippen LogP contribution < -0.4 is 15.2 Å². The van der Waals surface area contributed by atoms with Crippen LogP contribution in [-0.2, 0) is 26.6 Å². The van der Waals surface area contributed by atoms with Crippen LogP contribution in [0.4, 0.5) is 10.1 Å². The van der Waals surface area contributed by atoms with Crippen molar-refractivity contribution in [3.8, 4) is 0 Å². The number of anilines is 1. The number of carbonyl (C=O) groups is 1. The van der Waals surface area contributed by atoms with Gasteiger partial charge in [0.2, 0.25) is 10.0 Å². The van der Waals surface area contributed by atoms with Crippen molar-refractivity contribution >= 4 is 31.6 Å². The van der Waals surface area contributed by atoms with Gasteiger partial charge in [-0.3, -0.25) is 9.52 Å². The number of carbonyl (C=O) groups excluding carboxylic acids is 1. The summed E-state index contributed by atoms with van der Waals surface area (Å²) in [6.07, 6.45) is 0. The summed E-state index contributed by atoms with van der Waals surface area (Å²) in [5.41, 5.74) is 0.679. The maximum Gasteiger partial charge on any atom is 0.261 e. The van der Waals surface area contributed by atoms with Crippen LogP contribution in [0.25, 0.3) is 0 Å². The quantitative estimate of drug-likeness (QED) is 0.494.